The summed E-state index contributed by atoms with van der Waals surface area (Å²) in [6, 6.07) is 8.36. The van der Waals surface area contributed by atoms with Crippen LogP contribution in [0.4, 0.5) is 10.5 Å². The van der Waals surface area contributed by atoms with E-state index in [2.05, 4.69) is 16.0 Å². The van der Waals surface area contributed by atoms with E-state index < -0.39 is 6.09 Å². The summed E-state index contributed by atoms with van der Waals surface area (Å²) < 4.78 is 0. The van der Waals surface area contributed by atoms with Crippen LogP contribution in [0.1, 0.15) is 6.42 Å². The van der Waals surface area contributed by atoms with Crippen LogP contribution in [0.5, 0.6) is 0 Å². The first-order valence-electron chi connectivity index (χ1n) is 6.70. The van der Waals surface area contributed by atoms with E-state index in [1.807, 2.05) is 31.4 Å². The zero-order valence-corrected chi connectivity index (χ0v) is 11.4. The zero-order chi connectivity index (χ0) is 14.1. The number of amides is 1. The van der Waals surface area contributed by atoms with E-state index in [1.165, 1.54) is 4.90 Å². The van der Waals surface area contributed by atoms with Crippen LogP contribution in [0.2, 0.25) is 0 Å². The van der Waals surface area contributed by atoms with Crippen LogP contribution in [0, 0.1) is 0 Å². The van der Waals surface area contributed by atoms with Gasteiger partial charge in [0.15, 0.2) is 0 Å². The molecule has 1 aromatic carbocycles. The number of hydrogen-bond donors (Lipinski definition) is 1. The molecule has 5 heteroatoms. The number of pyridine rings is 1. The monoisotopic (exact) mass is 271 g/mol. The van der Waals surface area contributed by atoms with Gasteiger partial charge >= 0.3 is 6.09 Å². The van der Waals surface area contributed by atoms with Crippen molar-refractivity contribution in [2.75, 3.05) is 25.0 Å². The van der Waals surface area contributed by atoms with E-state index in [0.717, 1.165) is 22.9 Å². The lowest BCUT2D eigenvalue weighted by Gasteiger charge is -2.27. The van der Waals surface area contributed by atoms with Gasteiger partial charge in [0.2, 0.25) is 0 Å². The SMILES string of the molecule is CN(c1cccc2cnccc12)C1CCN(C(=O)O)C1. The largest absolute Gasteiger partial charge is 0.465 e. The minimum absolute atomic E-state index is 0.227. The predicted octanol–water partition coefficient (Wildman–Crippen LogP) is 2.42. The maximum atomic E-state index is 11.0. The number of hydrogen-bond acceptors (Lipinski definition) is 3. The van der Waals surface area contributed by atoms with Crippen molar-refractivity contribution in [3.8, 4) is 0 Å². The summed E-state index contributed by atoms with van der Waals surface area (Å²) in [5.41, 5.74) is 1.13. The second kappa shape index (κ2) is 5.00. The summed E-state index contributed by atoms with van der Waals surface area (Å²) in [7, 11) is 2.03. The molecule has 5 nitrogen and oxygen atoms in total. The molecule has 3 rings (SSSR count). The molecule has 0 aliphatic carbocycles. The van der Waals surface area contributed by atoms with E-state index in [0.29, 0.717) is 13.1 Å². The Hall–Kier alpha value is -2.30. The average molecular weight is 271 g/mol. The lowest BCUT2D eigenvalue weighted by molar-refractivity contribution is 0.155. The molecule has 1 amide bonds. The number of anilines is 1. The second-order valence-corrected chi connectivity index (χ2v) is 5.16. The molecule has 1 aliphatic rings. The van der Waals surface area contributed by atoms with Gasteiger partial charge in [0, 0.05) is 55.0 Å². The highest BCUT2D eigenvalue weighted by Crippen LogP contribution is 2.28. The number of carboxylic acid groups (broad SMARTS) is 1. The van der Waals surface area contributed by atoms with E-state index in [1.54, 1.807) is 6.20 Å². The third-order valence-electron chi connectivity index (χ3n) is 4.02. The number of fused-ring (bicyclic) bond motifs is 1. The molecule has 1 fully saturated rings. The Kier molecular flexibility index (Phi) is 3.18. The molecule has 0 spiro atoms. The first kappa shape index (κ1) is 12.7. The van der Waals surface area contributed by atoms with Crippen molar-refractivity contribution in [1.29, 1.82) is 0 Å². The summed E-state index contributed by atoms with van der Waals surface area (Å²) >= 11 is 0. The number of aromatic nitrogens is 1. The van der Waals surface area contributed by atoms with Crippen molar-refractivity contribution in [2.24, 2.45) is 0 Å². The number of benzene rings is 1. The van der Waals surface area contributed by atoms with Gasteiger partial charge < -0.3 is 14.9 Å². The molecule has 1 saturated heterocycles. The third-order valence-corrected chi connectivity index (χ3v) is 4.02. The van der Waals surface area contributed by atoms with Crippen LogP contribution in [-0.2, 0) is 0 Å². The van der Waals surface area contributed by atoms with Crippen LogP contribution in [0.15, 0.2) is 36.7 Å². The van der Waals surface area contributed by atoms with Crippen LogP contribution < -0.4 is 4.90 Å². The van der Waals surface area contributed by atoms with Gasteiger partial charge in [-0.1, -0.05) is 12.1 Å². The minimum atomic E-state index is -0.831. The van der Waals surface area contributed by atoms with Gasteiger partial charge in [0.05, 0.1) is 0 Å². The average Bonchev–Trinajstić information content (AvgIpc) is 2.96. The Morgan fingerprint density at radius 1 is 1.45 bits per heavy atom. The van der Waals surface area contributed by atoms with Crippen molar-refractivity contribution in [1.82, 2.24) is 9.88 Å². The number of carbonyl (C=O) groups is 1. The van der Waals surface area contributed by atoms with Crippen molar-refractivity contribution in [3.05, 3.63) is 36.7 Å². The highest BCUT2D eigenvalue weighted by molar-refractivity contribution is 5.93. The van der Waals surface area contributed by atoms with Crippen molar-refractivity contribution in [2.45, 2.75) is 12.5 Å². The second-order valence-electron chi connectivity index (χ2n) is 5.16. The van der Waals surface area contributed by atoms with Crippen molar-refractivity contribution in [3.63, 3.8) is 0 Å². The predicted molar refractivity (Wildman–Crippen MR) is 78.1 cm³/mol. The third kappa shape index (κ3) is 2.15. The first-order valence-corrected chi connectivity index (χ1v) is 6.70. The van der Waals surface area contributed by atoms with Gasteiger partial charge in [-0.05, 0) is 18.6 Å². The molecule has 1 aliphatic heterocycles. The van der Waals surface area contributed by atoms with Crippen molar-refractivity contribution >= 4 is 22.6 Å². The smallest absolute Gasteiger partial charge is 0.407 e. The summed E-state index contributed by atoms with van der Waals surface area (Å²) in [5.74, 6) is 0. The Bertz CT molecular complexity index is 639. The number of rotatable bonds is 2. The van der Waals surface area contributed by atoms with Crippen molar-refractivity contribution < 1.29 is 9.90 Å². The Labute approximate surface area is 117 Å². The molecule has 104 valence electrons. The van der Waals surface area contributed by atoms with E-state index >= 15 is 0 Å². The number of nitrogens with zero attached hydrogens (tertiary/aromatic N) is 3. The molecular formula is C15H17N3O2. The van der Waals surface area contributed by atoms with E-state index in [9.17, 15) is 4.79 Å². The highest BCUT2D eigenvalue weighted by atomic mass is 16.4. The molecule has 0 saturated carbocycles. The molecule has 0 bridgehead atoms. The van der Waals surface area contributed by atoms with E-state index in [4.69, 9.17) is 5.11 Å². The number of likely N-dealkylation sites (tertiary alicyclic amines) is 1. The Balaban J connectivity index is 1.90. The van der Waals surface area contributed by atoms with Gasteiger partial charge in [-0.25, -0.2) is 4.79 Å². The van der Waals surface area contributed by atoms with Gasteiger partial charge in [0.1, 0.15) is 0 Å². The Morgan fingerprint density at radius 2 is 2.30 bits per heavy atom. The summed E-state index contributed by atoms with van der Waals surface area (Å²) in [6.45, 7) is 1.17. The maximum Gasteiger partial charge on any atom is 0.407 e. The molecule has 1 aromatic heterocycles. The molecule has 2 heterocycles. The molecule has 1 atom stereocenters. The molecule has 20 heavy (non-hydrogen) atoms. The van der Waals surface area contributed by atoms with Crippen LogP contribution in [0.25, 0.3) is 10.8 Å². The molecule has 2 aromatic rings. The van der Waals surface area contributed by atoms with Gasteiger partial charge in [-0.15, -0.1) is 0 Å². The molecule has 1 unspecified atom stereocenters. The fourth-order valence-corrected chi connectivity index (χ4v) is 2.84. The van der Waals surface area contributed by atoms with E-state index in [-0.39, 0.29) is 6.04 Å². The fourth-order valence-electron chi connectivity index (χ4n) is 2.84. The standard InChI is InChI=1S/C15H17N3O2/c1-17(12-6-8-18(10-12)15(19)20)14-4-2-3-11-9-16-7-5-13(11)14/h2-5,7,9,12H,6,8,10H2,1H3,(H,19,20). The van der Waals surface area contributed by atoms with Gasteiger partial charge in [-0.3, -0.25) is 4.98 Å². The van der Waals surface area contributed by atoms with Gasteiger partial charge in [0.25, 0.3) is 0 Å². The van der Waals surface area contributed by atoms with Crippen LogP contribution in [0.3, 0.4) is 0 Å². The molecule has 1 N–H and O–H groups in total. The zero-order valence-electron chi connectivity index (χ0n) is 11.4. The highest BCUT2D eigenvalue weighted by Gasteiger charge is 2.29. The quantitative estimate of drug-likeness (QED) is 0.911. The first-order chi connectivity index (χ1) is 9.66. The number of likely N-dealkylation sites (N-methyl/N-ethyl adjacent to an activating group) is 1. The van der Waals surface area contributed by atoms with Crippen LogP contribution in [-0.4, -0.2) is 47.3 Å². The lowest BCUT2D eigenvalue weighted by Crippen LogP contribution is -2.36. The normalized spacial score (nSPS) is 18.4. The topological polar surface area (TPSA) is 56.7 Å². The summed E-state index contributed by atoms with van der Waals surface area (Å²) in [6.07, 6.45) is 3.68. The maximum absolute atomic E-state index is 11.0. The molecular weight excluding hydrogens is 254 g/mol. The summed E-state index contributed by atoms with van der Waals surface area (Å²) in [5, 5.41) is 11.3. The minimum Gasteiger partial charge on any atom is -0.465 e. The van der Waals surface area contributed by atoms with Gasteiger partial charge in [-0.2, -0.15) is 0 Å². The lowest BCUT2D eigenvalue weighted by atomic mass is 10.1. The Morgan fingerprint density at radius 3 is 3.05 bits per heavy atom. The molecule has 0 radical (unpaired) electrons. The fraction of sp³-hybridized carbons (Fsp3) is 0.333. The van der Waals surface area contributed by atoms with Crippen LogP contribution >= 0.6 is 0 Å². The summed E-state index contributed by atoms with van der Waals surface area (Å²) in [4.78, 5) is 18.8.